The maximum Gasteiger partial charge on any atom is 0.488 e. The number of likely N-dealkylation sites (N-methyl/N-ethyl adjacent to an activating group) is 3. The number of para-hydroxylation sites is 2. The number of fused-ring (bicyclic) bond motifs is 2. The smallest absolute Gasteiger partial charge is 0.488 e. The highest BCUT2D eigenvalue weighted by Crippen LogP contribution is 2.29. The molecule has 0 spiro atoms. The first kappa shape index (κ1) is 115. The predicted molar refractivity (Wildman–Crippen MR) is 540 cm³/mol. The van der Waals surface area contributed by atoms with Gasteiger partial charge >= 0.3 is 13.1 Å². The van der Waals surface area contributed by atoms with Crippen LogP contribution in [0.5, 0.6) is 5.75 Å². The van der Waals surface area contributed by atoms with Gasteiger partial charge in [0.15, 0.2) is 0 Å². The van der Waals surface area contributed by atoms with Crippen LogP contribution in [0.4, 0.5) is 0 Å². The molecule has 8 rings (SSSR count). The van der Waals surface area contributed by atoms with Crippen LogP contribution in [0.15, 0.2) is 97.3 Å². The lowest BCUT2D eigenvalue weighted by molar-refractivity contribution is -0.149. The van der Waals surface area contributed by atoms with Crippen molar-refractivity contribution in [1.29, 1.82) is 0 Å². The highest BCUT2D eigenvalue weighted by atomic mass is 32.2. The number of phenols is 1. The Kier molecular flexibility index (Phi) is 44.8. The second kappa shape index (κ2) is 55.6. The SMILES string of the molecule is CCCC[C@@H](C(=O)N(C)[C@@H](CCCC)C(=O)N[C@@H](CC(C)C)C(=O)N[C@@H](CSCC(N)CC)C(=O)NCC(N)=O)N(C)C(=O)[C@H](Cc1cn(CC(=O)O)c2ccccc12)NC(=O)CNC(=O)[C@H](Cc1c[nH]c2ccccc12)NC(=O)C1CCCN1C(=O)[C@H](CC(C)C)NC(=O)[C@H](CNCc1cc(C)c(B(O)O)c(C)c1)NC(=O)C1CCCN1C(=O)[C@H](CC(N)=O)NC(=O)[C@H](C)N(C)C(=O)CCc1ccc(O)cc1. The Labute approximate surface area is 838 Å². The second-order valence-electron chi connectivity index (χ2n) is 38.1. The van der Waals surface area contributed by atoms with E-state index in [0.29, 0.717) is 87.5 Å². The van der Waals surface area contributed by atoms with Gasteiger partial charge in [-0.05, 0) is 149 Å². The fourth-order valence-electron chi connectivity index (χ4n) is 18.0. The first-order valence-electron chi connectivity index (χ1n) is 49.1. The Morgan fingerprint density at radius 3 is 1.69 bits per heavy atom. The first-order chi connectivity index (χ1) is 67.8. The third kappa shape index (κ3) is 33.6. The van der Waals surface area contributed by atoms with Gasteiger partial charge < -0.3 is 125 Å². The van der Waals surface area contributed by atoms with Gasteiger partial charge in [-0.2, -0.15) is 11.8 Å². The number of phenolic OH excluding ortho intramolecular Hbond substituents is 1. The van der Waals surface area contributed by atoms with E-state index in [1.54, 1.807) is 107 Å². The van der Waals surface area contributed by atoms with Gasteiger partial charge in [-0.25, -0.2) is 0 Å². The number of unbranched alkanes of at least 4 members (excludes halogenated alkanes) is 2. The summed E-state index contributed by atoms with van der Waals surface area (Å²) >= 11 is 1.31. The first-order valence-corrected chi connectivity index (χ1v) is 50.3. The van der Waals surface area contributed by atoms with E-state index in [1.807, 2.05) is 34.6 Å². The molecule has 0 aliphatic carbocycles. The zero-order valence-corrected chi connectivity index (χ0v) is 84.9. The zero-order valence-electron chi connectivity index (χ0n) is 84.1. The molecule has 16 amide bonds. The van der Waals surface area contributed by atoms with E-state index in [1.165, 1.54) is 87.2 Å². The van der Waals surface area contributed by atoms with E-state index in [9.17, 15) is 73.0 Å². The summed E-state index contributed by atoms with van der Waals surface area (Å²) in [4.78, 5) is 253. The highest BCUT2D eigenvalue weighted by molar-refractivity contribution is 7.99. The number of carbonyl (C=O) groups excluding carboxylic acids is 16. The van der Waals surface area contributed by atoms with E-state index in [4.69, 9.17) is 17.2 Å². The van der Waals surface area contributed by atoms with Crippen molar-refractivity contribution >= 4 is 147 Å². The summed E-state index contributed by atoms with van der Waals surface area (Å²) in [5, 5.41) is 69.1. The molecule has 41 nitrogen and oxygen atoms in total. The second-order valence-corrected chi connectivity index (χ2v) is 39.1. The minimum atomic E-state index is -1.78. The molecule has 0 radical (unpaired) electrons. The van der Waals surface area contributed by atoms with Crippen LogP contribution in [0.1, 0.15) is 185 Å². The zero-order chi connectivity index (χ0) is 105. The van der Waals surface area contributed by atoms with Gasteiger partial charge in [0.25, 0.3) is 0 Å². The van der Waals surface area contributed by atoms with Crippen LogP contribution in [-0.4, -0.2) is 306 Å². The monoisotopic (exact) mass is 2010 g/mol. The topological polar surface area (TPSA) is 606 Å². The molecule has 43 heteroatoms. The summed E-state index contributed by atoms with van der Waals surface area (Å²) < 4.78 is 1.47. The minimum absolute atomic E-state index is 0.00696. The number of carboxylic acids is 1. The summed E-state index contributed by atoms with van der Waals surface area (Å²) in [5.74, 6) is -13.7. The molecule has 0 saturated carbocycles. The van der Waals surface area contributed by atoms with Crippen molar-refractivity contribution in [2.45, 2.75) is 276 Å². The number of likely N-dealkylation sites (tertiary alicyclic amines) is 2. The summed E-state index contributed by atoms with van der Waals surface area (Å²) in [6, 6.07) is 7.11. The van der Waals surface area contributed by atoms with Crippen molar-refractivity contribution in [1.82, 2.24) is 87.2 Å². The van der Waals surface area contributed by atoms with E-state index in [0.717, 1.165) is 5.56 Å². The number of hydrogen-bond acceptors (Lipinski definition) is 23. The fourth-order valence-corrected chi connectivity index (χ4v) is 19.2. The summed E-state index contributed by atoms with van der Waals surface area (Å²) in [7, 11) is 2.42. The third-order valence-corrected chi connectivity index (χ3v) is 27.2. The molecule has 2 aromatic heterocycles. The molecule has 13 atom stereocenters. The lowest BCUT2D eigenvalue weighted by Crippen LogP contribution is -2.61. The number of nitrogens with two attached hydrogens (primary N) is 3. The number of aromatic nitrogens is 2. The molecule has 2 aliphatic heterocycles. The number of aromatic hydroxyl groups is 1. The van der Waals surface area contributed by atoms with Gasteiger partial charge in [0.05, 0.1) is 19.5 Å². The molecular formula is C100H145BN20O21S. The Balaban J connectivity index is 1.04. The molecule has 4 aromatic carbocycles. The lowest BCUT2D eigenvalue weighted by atomic mass is 9.74. The maximum atomic E-state index is 15.8. The standard InChI is InChI=1S/C100H145BN20O21S/c1-14-17-28-79(94(134)110-71(41-57(4)5)92(132)115-77(56-143-55-66(102)16-3)91(131)107-51-84(104)124)117(12)100(140)82(29-18-15-2)118(13)97(137)74(46-65-53-119(54-87(127)128)78-30-22-20-26-69(65)78)109-85(125)52-108-90(130)72(45-64-49-106-70-27-21-19-25-68(64)70)111-95(135)80-31-23-39-120(80)98(138)73(42-58(6)7)113-93(133)76(50-105-48-63-43-59(8)88(101(141)142)60(9)44-63)114-96(136)81-32-24-40-121(81)99(139)75(47-83(103)123)112-89(129)61(10)116(11)86(126)38-35-62-33-36-67(122)37-34-62/h19-22,25-27,30,33-34,36-37,43-44,49,53,57-58,61,66,71-77,79-82,105-106,122,141-142H,14-18,23-24,28-29,31-32,35,38-42,45-48,50-52,54-56,102H2,1-13H3,(H2,103,123)(H2,104,124)(H,107,131)(H,108,130)(H,109,125)(H,110,134)(H,111,135)(H,112,129)(H,113,133)(H,114,136)(H,115,132)(H,127,128)/t61-,66?,71-,72-,73-,74-,75-,76-,77-,79-,80?,81?,82-/m0/s1. The lowest BCUT2D eigenvalue weighted by Gasteiger charge is -2.36. The van der Waals surface area contributed by atoms with E-state index < -0.39 is 206 Å². The largest absolute Gasteiger partial charge is 0.508 e. The third-order valence-electron chi connectivity index (χ3n) is 26.0. The molecule has 3 unspecified atom stereocenters. The molecule has 2 aliphatic rings. The number of carbonyl (C=O) groups is 17. The molecular weight excluding hydrogens is 1860 g/mol. The molecule has 2 saturated heterocycles. The van der Waals surface area contributed by atoms with Crippen molar-refractivity contribution < 1.29 is 102 Å². The van der Waals surface area contributed by atoms with Gasteiger partial charge in [0, 0.05) is 118 Å². The number of thioether (sulfide) groups is 1. The maximum absolute atomic E-state index is 15.8. The van der Waals surface area contributed by atoms with Gasteiger partial charge in [-0.1, -0.05) is 146 Å². The van der Waals surface area contributed by atoms with Crippen LogP contribution in [0, 0.1) is 25.7 Å². The molecule has 4 heterocycles. The fraction of sp³-hybridized carbons (Fsp3) is 0.550. The number of rotatable bonds is 57. The highest BCUT2D eigenvalue weighted by Gasteiger charge is 2.45. The van der Waals surface area contributed by atoms with Crippen LogP contribution in [0.3, 0.4) is 0 Å². The number of nitrogens with one attached hydrogen (secondary N) is 11. The van der Waals surface area contributed by atoms with Crippen molar-refractivity contribution in [2.75, 3.05) is 65.4 Å². The molecule has 6 aromatic rings. The molecule has 2 fully saturated rings. The predicted octanol–water partition coefficient (Wildman–Crippen LogP) is 0.830. The number of aromatic amines is 1. The minimum Gasteiger partial charge on any atom is -0.508 e. The number of carboxylic acid groups (broad SMARTS) is 1. The average molecular weight is 2010 g/mol. The molecule has 143 heavy (non-hydrogen) atoms. The van der Waals surface area contributed by atoms with Crippen LogP contribution in [0.25, 0.3) is 21.8 Å². The van der Waals surface area contributed by atoms with Crippen molar-refractivity contribution in [3.63, 3.8) is 0 Å². The Morgan fingerprint density at radius 2 is 1.10 bits per heavy atom. The van der Waals surface area contributed by atoms with E-state index in [2.05, 4.69) is 58.2 Å². The molecule has 780 valence electrons. The van der Waals surface area contributed by atoms with Crippen molar-refractivity contribution in [3.8, 4) is 5.75 Å². The van der Waals surface area contributed by atoms with Crippen molar-refractivity contribution in [2.24, 2.45) is 29.0 Å². The van der Waals surface area contributed by atoms with Crippen LogP contribution < -0.4 is 75.8 Å². The number of hydrogen-bond donors (Lipinski definition) is 18. The van der Waals surface area contributed by atoms with E-state index >= 15 is 28.8 Å². The normalized spacial score (nSPS) is 15.8. The quantitative estimate of drug-likeness (QED) is 0.0235. The molecule has 0 bridgehead atoms. The van der Waals surface area contributed by atoms with Crippen LogP contribution in [-0.2, 0) is 114 Å². The Morgan fingerprint density at radius 1 is 0.559 bits per heavy atom. The molecule has 21 N–H and O–H groups in total. The van der Waals surface area contributed by atoms with Gasteiger partial charge in [-0.15, -0.1) is 0 Å². The summed E-state index contributed by atoms with van der Waals surface area (Å²) in [6.45, 7) is 15.6. The number of H-pyrrole nitrogens is 1. The van der Waals surface area contributed by atoms with E-state index in [-0.39, 0.29) is 138 Å². The summed E-state index contributed by atoms with van der Waals surface area (Å²) in [6.07, 6.45) is 5.65. The van der Waals surface area contributed by atoms with Gasteiger partial charge in [0.2, 0.25) is 94.5 Å². The van der Waals surface area contributed by atoms with Crippen LogP contribution in [0.2, 0.25) is 0 Å². The number of benzene rings is 4. The Hall–Kier alpha value is -13.0. The van der Waals surface area contributed by atoms with Gasteiger partial charge in [0.1, 0.15) is 84.8 Å². The van der Waals surface area contributed by atoms with Gasteiger partial charge in [-0.3, -0.25) is 81.5 Å². The number of nitrogens with zero attached hydrogens (tertiary/aromatic N) is 6. The Bertz CT molecular complexity index is 5440. The number of aryl methyl sites for hydroxylation is 3. The van der Waals surface area contributed by atoms with Crippen molar-refractivity contribution in [3.05, 3.63) is 131 Å². The number of amides is 16. The van der Waals surface area contributed by atoms with Crippen LogP contribution >= 0.6 is 11.8 Å². The number of aliphatic carboxylic acids is 1. The average Bonchev–Trinajstić information content (AvgIpc) is 1.70. The summed E-state index contributed by atoms with van der Waals surface area (Å²) in [5.41, 5.74) is 22.1. The number of primary amides is 2.